The van der Waals surface area contributed by atoms with Crippen molar-refractivity contribution in [3.63, 3.8) is 0 Å². The van der Waals surface area contributed by atoms with E-state index in [0.717, 1.165) is 6.42 Å². The molecule has 590 valence electrons. The summed E-state index contributed by atoms with van der Waals surface area (Å²) in [5.74, 6) is -9.56. The van der Waals surface area contributed by atoms with Crippen LogP contribution in [0.4, 0.5) is 0 Å². The van der Waals surface area contributed by atoms with Gasteiger partial charge in [-0.1, -0.05) is 123 Å². The second-order valence-corrected chi connectivity index (χ2v) is 30.8. The Hall–Kier alpha value is -8.08. The van der Waals surface area contributed by atoms with Crippen molar-refractivity contribution in [1.29, 1.82) is 0 Å². The summed E-state index contributed by atoms with van der Waals surface area (Å²) in [5.41, 5.74) is 6.28. The standard InChI is InChI=1S/C77H127N13O15/c1-21-35-90(64(93)42-53(10)91)46-65(94)84(16)60(41-50(4)5)69(96)81-58(48-105-77(11,12)13)73(100)87(19)62(44-55-33-27-23-28-34-55)75(102)88(20)67(52(8)9)71(98)79-56(74(101)89-36-29-24-30-37-89)45-63(92)82-66(51(6)7)76(103)86(18)61(43-54-31-25-22-26-32-54)70(97)80-57(47-104-39-38-83(14)15)72(99)85(17)59(68(78)95)40-49(2)3/h22-23,25-28,31-34,49-53,56-62,66-67,91H,21,24,29-30,35-48H2,1-20H3,(H2,78,95)(H,79,98)(H,80,97)(H,81,96)(H,82,92)/t53-,56+,57+,58+,59+,60+,61+,62+,66-,67?/m1/s1. The molecule has 1 heterocycles. The van der Waals surface area contributed by atoms with E-state index < -0.39 is 155 Å². The smallest absolute Gasteiger partial charge is 0.247 e. The molecule has 1 aliphatic rings. The van der Waals surface area contributed by atoms with E-state index in [1.165, 1.54) is 71.6 Å². The maximum absolute atomic E-state index is 15.6. The zero-order valence-electron chi connectivity index (χ0n) is 66.4. The number of benzene rings is 2. The second kappa shape index (κ2) is 44.1. The van der Waals surface area contributed by atoms with Gasteiger partial charge in [0, 0.05) is 74.3 Å². The third-order valence-electron chi connectivity index (χ3n) is 18.6. The van der Waals surface area contributed by atoms with Crippen molar-refractivity contribution in [1.82, 2.24) is 60.5 Å². The number of aliphatic hydroxyl groups excluding tert-OH is 1. The van der Waals surface area contributed by atoms with Gasteiger partial charge in [0.05, 0.1) is 50.9 Å². The minimum atomic E-state index is -1.53. The number of likely N-dealkylation sites (tertiary alicyclic amines) is 1. The van der Waals surface area contributed by atoms with E-state index in [4.69, 9.17) is 15.2 Å². The summed E-state index contributed by atoms with van der Waals surface area (Å²) >= 11 is 0. The van der Waals surface area contributed by atoms with E-state index in [0.29, 0.717) is 50.0 Å². The second-order valence-electron chi connectivity index (χ2n) is 30.8. The Balaban J connectivity index is 2.09. The number of hydrogen-bond donors (Lipinski definition) is 6. The molecule has 28 heteroatoms. The number of carbonyl (C=O) groups is 12. The lowest BCUT2D eigenvalue weighted by Gasteiger charge is -2.38. The van der Waals surface area contributed by atoms with E-state index in [9.17, 15) is 43.5 Å². The van der Waals surface area contributed by atoms with Crippen LogP contribution < -0.4 is 27.0 Å². The Labute approximate surface area is 624 Å². The van der Waals surface area contributed by atoms with Crippen LogP contribution in [-0.4, -0.2) is 283 Å². The quantitative estimate of drug-likeness (QED) is 0.0519. The molecule has 0 aliphatic carbocycles. The van der Waals surface area contributed by atoms with Crippen LogP contribution >= 0.6 is 0 Å². The van der Waals surface area contributed by atoms with Crippen molar-refractivity contribution >= 4 is 70.9 Å². The number of likely N-dealkylation sites (N-methyl/N-ethyl adjacent to an activating group) is 6. The van der Waals surface area contributed by atoms with E-state index in [-0.39, 0.29) is 76.9 Å². The van der Waals surface area contributed by atoms with Crippen LogP contribution in [0.2, 0.25) is 0 Å². The Kier molecular flexibility index (Phi) is 38.3. The molecule has 1 unspecified atom stereocenters. The molecule has 3 rings (SSSR count). The first kappa shape index (κ1) is 91.1. The molecule has 10 atom stereocenters. The third-order valence-corrected chi connectivity index (χ3v) is 18.6. The molecule has 1 saturated heterocycles. The number of nitrogens with two attached hydrogens (primary N) is 1. The summed E-state index contributed by atoms with van der Waals surface area (Å²) in [5, 5.41) is 21.3. The van der Waals surface area contributed by atoms with Crippen LogP contribution in [0, 0.1) is 23.7 Å². The van der Waals surface area contributed by atoms with E-state index in [1.807, 2.05) is 53.6 Å². The normalized spacial score (nSPS) is 15.4. The van der Waals surface area contributed by atoms with Crippen molar-refractivity contribution in [3.05, 3.63) is 71.8 Å². The molecule has 2 aromatic rings. The summed E-state index contributed by atoms with van der Waals surface area (Å²) < 4.78 is 12.1. The highest BCUT2D eigenvalue weighted by atomic mass is 16.5. The highest BCUT2D eigenvalue weighted by molar-refractivity contribution is 5.99. The van der Waals surface area contributed by atoms with Crippen LogP contribution in [-0.2, 0) is 79.8 Å². The fourth-order valence-corrected chi connectivity index (χ4v) is 12.5. The molecule has 0 radical (unpaired) electrons. The zero-order valence-corrected chi connectivity index (χ0v) is 66.4. The number of primary amides is 1. The van der Waals surface area contributed by atoms with Gasteiger partial charge in [-0.05, 0) is 115 Å². The number of hydrogen-bond acceptors (Lipinski definition) is 16. The van der Waals surface area contributed by atoms with Gasteiger partial charge in [0.15, 0.2) is 0 Å². The highest BCUT2D eigenvalue weighted by Gasteiger charge is 2.43. The molecule has 0 aromatic heterocycles. The molecule has 0 bridgehead atoms. The molecule has 2 aromatic carbocycles. The molecule has 28 nitrogen and oxygen atoms in total. The number of aliphatic hydroxyl groups is 1. The molecule has 1 fully saturated rings. The molecule has 105 heavy (non-hydrogen) atoms. The molecule has 0 spiro atoms. The largest absolute Gasteiger partial charge is 0.393 e. The van der Waals surface area contributed by atoms with Gasteiger partial charge < -0.3 is 80.8 Å². The molecular formula is C77H127N13O15. The van der Waals surface area contributed by atoms with E-state index >= 15 is 19.2 Å². The summed E-state index contributed by atoms with van der Waals surface area (Å²) in [6, 6.07) is 6.01. The summed E-state index contributed by atoms with van der Waals surface area (Å²) in [4.78, 5) is 186. The lowest BCUT2D eigenvalue weighted by atomic mass is 9.97. The average molecular weight is 1470 g/mol. The van der Waals surface area contributed by atoms with E-state index in [1.54, 1.807) is 114 Å². The molecule has 7 N–H and O–H groups in total. The Morgan fingerprint density at radius 1 is 0.533 bits per heavy atom. The van der Waals surface area contributed by atoms with Gasteiger partial charge in [-0.25, -0.2) is 0 Å². The average Bonchev–Trinajstić information content (AvgIpc) is 0.815. The van der Waals surface area contributed by atoms with Crippen LogP contribution in [0.1, 0.15) is 153 Å². The monoisotopic (exact) mass is 1470 g/mol. The predicted octanol–water partition coefficient (Wildman–Crippen LogP) is 3.24. The lowest BCUT2D eigenvalue weighted by molar-refractivity contribution is -0.152. The summed E-state index contributed by atoms with van der Waals surface area (Å²) in [7, 11) is 10.8. The molecule has 1 aliphatic heterocycles. The number of nitrogens with one attached hydrogen (secondary N) is 4. The number of amides is 12. The minimum absolute atomic E-state index is 0.0259. The van der Waals surface area contributed by atoms with Crippen LogP contribution in [0.3, 0.4) is 0 Å². The molecule has 12 amide bonds. The third kappa shape index (κ3) is 30.0. The van der Waals surface area contributed by atoms with Crippen molar-refractivity contribution < 1.29 is 72.1 Å². The van der Waals surface area contributed by atoms with Crippen molar-refractivity contribution in [2.45, 2.75) is 220 Å². The van der Waals surface area contributed by atoms with Gasteiger partial charge in [0.25, 0.3) is 0 Å². The van der Waals surface area contributed by atoms with Gasteiger partial charge in [-0.3, -0.25) is 57.5 Å². The summed E-state index contributed by atoms with van der Waals surface area (Å²) in [6.07, 6.45) is 1.17. The molecule has 0 saturated carbocycles. The first-order chi connectivity index (χ1) is 49.1. The SMILES string of the molecule is CCCN(CC(=O)N(C)[C@@H](CC(C)C)C(=O)N[C@@H](COC(C)(C)C)C(=O)N(C)[C@@H](Cc1ccccc1)C(=O)N(C)C(C(=O)N[C@@H](CC(=O)N[C@@H](C(=O)N(C)[C@@H](Cc1ccccc1)C(=O)N[C@@H](COCCN(C)C)C(=O)N(C)[C@@H](CC(C)C)C(N)=O)C(C)C)C(=O)N1CCCCC1)C(C)C)C(=O)C[C@@H](C)O. The maximum atomic E-state index is 15.6. The van der Waals surface area contributed by atoms with Crippen LogP contribution in [0.25, 0.3) is 0 Å². The minimum Gasteiger partial charge on any atom is -0.393 e. The zero-order chi connectivity index (χ0) is 79.3. The van der Waals surface area contributed by atoms with Crippen LogP contribution in [0.5, 0.6) is 0 Å². The lowest BCUT2D eigenvalue weighted by Crippen LogP contribution is -2.62. The number of piperidine rings is 1. The van der Waals surface area contributed by atoms with Crippen molar-refractivity contribution in [2.24, 2.45) is 29.4 Å². The Morgan fingerprint density at radius 2 is 1.02 bits per heavy atom. The van der Waals surface area contributed by atoms with Gasteiger partial charge >= 0.3 is 0 Å². The van der Waals surface area contributed by atoms with Gasteiger partial charge in [0.2, 0.25) is 70.9 Å². The Bertz CT molecular complexity index is 3140. The molecular weight excluding hydrogens is 1350 g/mol. The van der Waals surface area contributed by atoms with Crippen molar-refractivity contribution in [2.75, 3.05) is 102 Å². The Morgan fingerprint density at radius 3 is 1.50 bits per heavy atom. The topological polar surface area (TPSA) is 344 Å². The number of rotatable bonds is 43. The highest BCUT2D eigenvalue weighted by Crippen LogP contribution is 2.23. The maximum Gasteiger partial charge on any atom is 0.247 e. The van der Waals surface area contributed by atoms with Crippen molar-refractivity contribution in [3.8, 4) is 0 Å². The van der Waals surface area contributed by atoms with Gasteiger partial charge in [-0.15, -0.1) is 0 Å². The number of carbonyl (C=O) groups excluding carboxylic acids is 12. The summed E-state index contributed by atoms with van der Waals surface area (Å²) in [6.45, 7) is 23.5. The number of nitrogens with zero attached hydrogens (tertiary/aromatic N) is 8. The van der Waals surface area contributed by atoms with Gasteiger partial charge in [0.1, 0.15) is 54.4 Å². The van der Waals surface area contributed by atoms with E-state index in [2.05, 4.69) is 21.3 Å². The van der Waals surface area contributed by atoms with Gasteiger partial charge in [-0.2, -0.15) is 0 Å². The fourth-order valence-electron chi connectivity index (χ4n) is 12.5. The first-order valence-electron chi connectivity index (χ1n) is 37.1. The first-order valence-corrected chi connectivity index (χ1v) is 37.1. The fraction of sp³-hybridized carbons (Fsp3) is 0.688. The predicted molar refractivity (Wildman–Crippen MR) is 402 cm³/mol. The van der Waals surface area contributed by atoms with Crippen LogP contribution in [0.15, 0.2) is 60.7 Å². The number of ether oxygens (including phenoxy) is 2.